The van der Waals surface area contributed by atoms with E-state index in [0.717, 1.165) is 12.2 Å². The van der Waals surface area contributed by atoms with Crippen molar-refractivity contribution in [1.82, 2.24) is 9.88 Å². The van der Waals surface area contributed by atoms with E-state index < -0.39 is 0 Å². The van der Waals surface area contributed by atoms with Crippen molar-refractivity contribution in [2.45, 2.75) is 25.8 Å². The van der Waals surface area contributed by atoms with Crippen LogP contribution in [-0.2, 0) is 9.47 Å². The van der Waals surface area contributed by atoms with Gasteiger partial charge in [-0.25, -0.2) is 14.6 Å². The first-order valence-corrected chi connectivity index (χ1v) is 7.92. The predicted octanol–water partition coefficient (Wildman–Crippen LogP) is 1.68. The summed E-state index contributed by atoms with van der Waals surface area (Å²) in [5.41, 5.74) is 0.162. The summed E-state index contributed by atoms with van der Waals surface area (Å²) in [6.07, 6.45) is 2.14. The van der Waals surface area contributed by atoms with E-state index >= 15 is 0 Å². The lowest BCUT2D eigenvalue weighted by molar-refractivity contribution is 0.0526. The molecular weight excluding hydrogens is 298 g/mol. The average Bonchev–Trinajstić information content (AvgIpc) is 2.92. The van der Waals surface area contributed by atoms with E-state index in [2.05, 4.69) is 16.8 Å². The summed E-state index contributed by atoms with van der Waals surface area (Å²) < 4.78 is 10.2. The molecule has 124 valence electrons. The maximum atomic E-state index is 11.8. The Morgan fingerprint density at radius 3 is 2.87 bits per heavy atom. The molecule has 7 nitrogen and oxygen atoms in total. The van der Waals surface area contributed by atoms with Crippen LogP contribution in [-0.4, -0.2) is 60.3 Å². The van der Waals surface area contributed by atoms with Crippen molar-refractivity contribution in [2.24, 2.45) is 0 Å². The monoisotopic (exact) mass is 319 g/mol. The van der Waals surface area contributed by atoms with E-state index in [-0.39, 0.29) is 17.6 Å². The van der Waals surface area contributed by atoms with Gasteiger partial charge in [0.2, 0.25) is 0 Å². The summed E-state index contributed by atoms with van der Waals surface area (Å²) in [6, 6.07) is 3.55. The SMILES string of the molecule is CCOC(=O)c1ccc(N2CCN3C(=O)OCC3(CC)C2)nc1. The topological polar surface area (TPSA) is 72.0 Å². The van der Waals surface area contributed by atoms with Gasteiger partial charge in [0.05, 0.1) is 17.7 Å². The largest absolute Gasteiger partial charge is 0.462 e. The Morgan fingerprint density at radius 1 is 1.39 bits per heavy atom. The van der Waals surface area contributed by atoms with Crippen molar-refractivity contribution in [1.29, 1.82) is 0 Å². The Labute approximate surface area is 135 Å². The first-order chi connectivity index (χ1) is 11.1. The molecule has 0 bridgehead atoms. The lowest BCUT2D eigenvalue weighted by atomic mass is 9.93. The molecule has 23 heavy (non-hydrogen) atoms. The number of esters is 1. The number of cyclic esters (lactones) is 1. The smallest absolute Gasteiger partial charge is 0.410 e. The standard InChI is InChI=1S/C16H21N3O4/c1-3-16-10-18(7-8-19(16)15(21)23-11-16)13-6-5-12(9-17-13)14(20)22-4-2/h5-6,9H,3-4,7-8,10-11H2,1-2H3. The number of amides is 1. The van der Waals surface area contributed by atoms with E-state index in [4.69, 9.17) is 9.47 Å². The molecule has 0 spiro atoms. The molecule has 1 unspecified atom stereocenters. The summed E-state index contributed by atoms with van der Waals surface area (Å²) in [7, 11) is 0. The minimum Gasteiger partial charge on any atom is -0.462 e. The first-order valence-electron chi connectivity index (χ1n) is 7.92. The van der Waals surface area contributed by atoms with Crippen LogP contribution in [0.1, 0.15) is 30.6 Å². The molecule has 1 amide bonds. The van der Waals surface area contributed by atoms with E-state index in [9.17, 15) is 9.59 Å². The number of nitrogens with zero attached hydrogens (tertiary/aromatic N) is 3. The number of piperazine rings is 1. The number of aromatic nitrogens is 1. The number of hydrogen-bond donors (Lipinski definition) is 0. The van der Waals surface area contributed by atoms with Crippen LogP contribution in [0.2, 0.25) is 0 Å². The van der Waals surface area contributed by atoms with Crippen molar-refractivity contribution in [3.05, 3.63) is 23.9 Å². The van der Waals surface area contributed by atoms with Gasteiger partial charge in [-0.1, -0.05) is 6.92 Å². The summed E-state index contributed by atoms with van der Waals surface area (Å²) >= 11 is 0. The van der Waals surface area contributed by atoms with Crippen molar-refractivity contribution in [3.63, 3.8) is 0 Å². The first kappa shape index (κ1) is 15.6. The zero-order valence-electron chi connectivity index (χ0n) is 13.4. The van der Waals surface area contributed by atoms with Crippen molar-refractivity contribution in [2.75, 3.05) is 37.7 Å². The molecule has 1 atom stereocenters. The molecule has 0 saturated carbocycles. The number of fused-ring (bicyclic) bond motifs is 1. The maximum Gasteiger partial charge on any atom is 0.410 e. The molecule has 0 N–H and O–H groups in total. The van der Waals surface area contributed by atoms with Crippen LogP contribution in [0.5, 0.6) is 0 Å². The quantitative estimate of drug-likeness (QED) is 0.786. The zero-order valence-corrected chi connectivity index (χ0v) is 13.4. The highest BCUT2D eigenvalue weighted by atomic mass is 16.6. The Bertz CT molecular complexity index is 604. The number of ether oxygens (including phenoxy) is 2. The van der Waals surface area contributed by atoms with Gasteiger partial charge in [-0.2, -0.15) is 0 Å². The van der Waals surface area contributed by atoms with Gasteiger partial charge in [-0.3, -0.25) is 4.90 Å². The van der Waals surface area contributed by atoms with Gasteiger partial charge in [-0.15, -0.1) is 0 Å². The highest BCUT2D eigenvalue weighted by Gasteiger charge is 2.49. The van der Waals surface area contributed by atoms with Gasteiger partial charge in [0, 0.05) is 25.8 Å². The number of carbonyl (C=O) groups is 2. The number of hydrogen-bond acceptors (Lipinski definition) is 6. The average molecular weight is 319 g/mol. The highest BCUT2D eigenvalue weighted by Crippen LogP contribution is 2.33. The third-order valence-corrected chi connectivity index (χ3v) is 4.58. The lowest BCUT2D eigenvalue weighted by Crippen LogP contribution is -2.61. The molecule has 3 rings (SSSR count). The van der Waals surface area contributed by atoms with E-state index in [1.165, 1.54) is 6.20 Å². The Balaban J connectivity index is 1.75. The number of anilines is 1. The van der Waals surface area contributed by atoms with Crippen LogP contribution in [0.4, 0.5) is 10.6 Å². The second-order valence-corrected chi connectivity index (χ2v) is 5.83. The van der Waals surface area contributed by atoms with Crippen molar-refractivity contribution >= 4 is 17.9 Å². The van der Waals surface area contributed by atoms with E-state index in [1.807, 2.05) is 11.0 Å². The number of pyridine rings is 1. The normalized spacial score (nSPS) is 23.5. The molecule has 1 aromatic rings. The Hall–Kier alpha value is -2.31. The van der Waals surface area contributed by atoms with Crippen LogP contribution in [0, 0.1) is 0 Å². The highest BCUT2D eigenvalue weighted by molar-refractivity contribution is 5.89. The van der Waals surface area contributed by atoms with Crippen LogP contribution in [0.25, 0.3) is 0 Å². The van der Waals surface area contributed by atoms with E-state index in [0.29, 0.717) is 38.4 Å². The van der Waals surface area contributed by atoms with Gasteiger partial charge in [0.15, 0.2) is 0 Å². The molecule has 0 aromatic carbocycles. The fraction of sp³-hybridized carbons (Fsp3) is 0.562. The van der Waals surface area contributed by atoms with Crippen LogP contribution < -0.4 is 4.90 Å². The van der Waals surface area contributed by atoms with Crippen molar-refractivity contribution < 1.29 is 19.1 Å². The minimum absolute atomic E-state index is 0.225. The third kappa shape index (κ3) is 2.71. The summed E-state index contributed by atoms with van der Waals surface area (Å²) in [5, 5.41) is 0. The van der Waals surface area contributed by atoms with Crippen LogP contribution >= 0.6 is 0 Å². The van der Waals surface area contributed by atoms with Gasteiger partial charge < -0.3 is 14.4 Å². The predicted molar refractivity (Wildman–Crippen MR) is 83.5 cm³/mol. The van der Waals surface area contributed by atoms with Gasteiger partial charge in [-0.05, 0) is 25.5 Å². The Morgan fingerprint density at radius 2 is 2.22 bits per heavy atom. The van der Waals surface area contributed by atoms with Crippen LogP contribution in [0.3, 0.4) is 0 Å². The second kappa shape index (κ2) is 6.06. The summed E-state index contributed by atoms with van der Waals surface area (Å²) in [4.78, 5) is 31.8. The second-order valence-electron chi connectivity index (χ2n) is 5.83. The lowest BCUT2D eigenvalue weighted by Gasteiger charge is -2.44. The van der Waals surface area contributed by atoms with Crippen LogP contribution in [0.15, 0.2) is 18.3 Å². The molecule has 2 aliphatic heterocycles. The van der Waals surface area contributed by atoms with Crippen molar-refractivity contribution in [3.8, 4) is 0 Å². The molecule has 0 aliphatic carbocycles. The summed E-state index contributed by atoms with van der Waals surface area (Å²) in [5.74, 6) is 0.432. The minimum atomic E-state index is -0.365. The fourth-order valence-electron chi connectivity index (χ4n) is 3.17. The Kier molecular flexibility index (Phi) is 4.11. The molecule has 0 radical (unpaired) electrons. The van der Waals surface area contributed by atoms with Gasteiger partial charge in [0.25, 0.3) is 0 Å². The molecule has 3 heterocycles. The van der Waals surface area contributed by atoms with Gasteiger partial charge in [0.1, 0.15) is 12.4 Å². The number of rotatable bonds is 4. The molecule has 2 aliphatic rings. The zero-order chi connectivity index (χ0) is 16.4. The molecule has 7 heteroatoms. The molecular formula is C16H21N3O4. The molecule has 2 fully saturated rings. The van der Waals surface area contributed by atoms with Gasteiger partial charge >= 0.3 is 12.1 Å². The summed E-state index contributed by atoms with van der Waals surface area (Å²) in [6.45, 7) is 6.59. The number of carbonyl (C=O) groups excluding carboxylic acids is 2. The third-order valence-electron chi connectivity index (χ3n) is 4.58. The molecule has 2 saturated heterocycles. The maximum absolute atomic E-state index is 11.8. The fourth-order valence-corrected chi connectivity index (χ4v) is 3.17. The molecule has 1 aromatic heterocycles. The van der Waals surface area contributed by atoms with E-state index in [1.54, 1.807) is 13.0 Å².